The average Bonchev–Trinajstić information content (AvgIpc) is 2.96. The van der Waals surface area contributed by atoms with Crippen molar-refractivity contribution in [2.75, 3.05) is 0 Å². The van der Waals surface area contributed by atoms with Crippen LogP contribution in [0.3, 0.4) is 0 Å². The molecule has 0 aromatic heterocycles. The molecule has 0 spiro atoms. The largest absolute Gasteiger partial charge is 0.427 e. The highest BCUT2D eigenvalue weighted by atomic mass is 16.9. The Kier molecular flexibility index (Phi) is 5.81. The number of hydrogen-bond donors (Lipinski definition) is 3. The zero-order valence-electron chi connectivity index (χ0n) is 17.1. The van der Waals surface area contributed by atoms with Gasteiger partial charge in [0.25, 0.3) is 0 Å². The number of hydrogen-bond acceptors (Lipinski definition) is 15. The fraction of sp³-hybridized carbons (Fsp3) is 0.368. The zero-order valence-corrected chi connectivity index (χ0v) is 17.1. The predicted octanol–water partition coefficient (Wildman–Crippen LogP) is -2.53. The van der Waals surface area contributed by atoms with Crippen LogP contribution in [0.25, 0.3) is 0 Å². The Morgan fingerprint density at radius 2 is 1.12 bits per heavy atom. The predicted molar refractivity (Wildman–Crippen MR) is 96.5 cm³/mol. The Morgan fingerprint density at radius 1 is 0.647 bits per heavy atom. The van der Waals surface area contributed by atoms with Crippen LogP contribution in [0.2, 0.25) is 0 Å². The molecule has 0 saturated carbocycles. The van der Waals surface area contributed by atoms with Gasteiger partial charge in [-0.15, -0.1) is 0 Å². The Labute approximate surface area is 188 Å². The van der Waals surface area contributed by atoms with E-state index in [1.807, 2.05) is 0 Å². The van der Waals surface area contributed by atoms with E-state index in [0.717, 1.165) is 0 Å². The minimum absolute atomic E-state index is 0.515. The minimum atomic E-state index is -4.57. The van der Waals surface area contributed by atoms with E-state index in [1.54, 1.807) is 0 Å². The second-order valence-corrected chi connectivity index (χ2v) is 7.21. The van der Waals surface area contributed by atoms with Gasteiger partial charge in [-0.25, -0.2) is 14.4 Å². The summed E-state index contributed by atoms with van der Waals surface area (Å²) in [4.78, 5) is 74.3. The Bertz CT molecular complexity index is 1060. The molecule has 15 heteroatoms. The van der Waals surface area contributed by atoms with Crippen molar-refractivity contribution in [3.8, 4) is 0 Å². The SMILES string of the molecule is C=C1CC(=O)OC(C2(C3(C(O)(O)O)OC(=O)CC(=C)C(=O)O3)OC(=O)CC(=C)C(=O)O2)OC1=O. The molecular weight excluding hydrogens is 468 g/mol. The summed E-state index contributed by atoms with van der Waals surface area (Å²) in [7, 11) is 0. The highest BCUT2D eigenvalue weighted by molar-refractivity contribution is 5.97. The molecule has 3 rings (SSSR count). The third kappa shape index (κ3) is 3.91. The average molecular weight is 484 g/mol. The van der Waals surface area contributed by atoms with Crippen LogP contribution in [-0.4, -0.2) is 75.0 Å². The van der Waals surface area contributed by atoms with Crippen molar-refractivity contribution in [1.82, 2.24) is 0 Å². The fourth-order valence-corrected chi connectivity index (χ4v) is 3.01. The van der Waals surface area contributed by atoms with Crippen molar-refractivity contribution >= 4 is 35.8 Å². The Balaban J connectivity index is 2.37. The smallest absolute Gasteiger partial charge is 0.416 e. The summed E-state index contributed by atoms with van der Waals surface area (Å²) in [6, 6.07) is 0. The lowest BCUT2D eigenvalue weighted by Gasteiger charge is -2.47. The molecule has 3 fully saturated rings. The van der Waals surface area contributed by atoms with Gasteiger partial charge < -0.3 is 43.7 Å². The maximum atomic E-state index is 12.6. The van der Waals surface area contributed by atoms with Gasteiger partial charge in [0.15, 0.2) is 0 Å². The molecule has 0 aliphatic carbocycles. The number of carbonyl (C=O) groups excluding carboxylic acids is 6. The molecule has 3 aliphatic heterocycles. The first-order valence-corrected chi connectivity index (χ1v) is 9.13. The third-order valence-electron chi connectivity index (χ3n) is 4.61. The summed E-state index contributed by atoms with van der Waals surface area (Å²) >= 11 is 0. The Hall–Kier alpha value is -4.08. The molecule has 0 aromatic rings. The summed E-state index contributed by atoms with van der Waals surface area (Å²) in [5.74, 6) is -21.7. The van der Waals surface area contributed by atoms with Crippen molar-refractivity contribution < 1.29 is 72.5 Å². The number of rotatable bonds is 3. The van der Waals surface area contributed by atoms with E-state index in [4.69, 9.17) is 28.4 Å². The number of carbonyl (C=O) groups is 6. The van der Waals surface area contributed by atoms with E-state index in [0.29, 0.717) is 0 Å². The standard InChI is InChI=1S/C19H16O15/c1-7-4-10(20)29-16(30-13(7)23)17(31-11(21)5-8(2)14(24)33-17)18(19(26,27)28)32-12(22)6-9(3)15(25)34-18/h16,26-28H,1-6H2. The van der Waals surface area contributed by atoms with E-state index >= 15 is 0 Å². The monoisotopic (exact) mass is 484 g/mol. The van der Waals surface area contributed by atoms with Gasteiger partial charge in [-0.05, 0) is 0 Å². The van der Waals surface area contributed by atoms with E-state index in [-0.39, 0.29) is 0 Å². The number of aliphatic hydroxyl groups is 3. The van der Waals surface area contributed by atoms with Crippen LogP contribution >= 0.6 is 0 Å². The second kappa shape index (κ2) is 8.05. The van der Waals surface area contributed by atoms with Gasteiger partial charge in [-0.1, -0.05) is 19.7 Å². The van der Waals surface area contributed by atoms with Gasteiger partial charge in [-0.3, -0.25) is 14.4 Å². The normalized spacial score (nSPS) is 31.1. The molecular formula is C19H16O15. The molecule has 0 radical (unpaired) electrons. The van der Waals surface area contributed by atoms with Gasteiger partial charge >= 0.3 is 59.7 Å². The van der Waals surface area contributed by atoms with Crippen molar-refractivity contribution in [2.45, 2.75) is 43.1 Å². The van der Waals surface area contributed by atoms with Crippen LogP contribution in [0.5, 0.6) is 0 Å². The van der Waals surface area contributed by atoms with Crippen molar-refractivity contribution in [2.24, 2.45) is 0 Å². The van der Waals surface area contributed by atoms with Crippen LogP contribution in [0, 0.1) is 0 Å². The van der Waals surface area contributed by atoms with Gasteiger partial charge in [0.05, 0.1) is 19.3 Å². The van der Waals surface area contributed by atoms with E-state index in [2.05, 4.69) is 19.7 Å². The maximum Gasteiger partial charge on any atom is 0.427 e. The lowest BCUT2D eigenvalue weighted by atomic mass is 10.0. The molecule has 3 N–H and O–H groups in total. The summed E-state index contributed by atoms with van der Waals surface area (Å²) in [6.07, 6.45) is -5.54. The first-order chi connectivity index (χ1) is 15.6. The lowest BCUT2D eigenvalue weighted by Crippen LogP contribution is -2.77. The molecule has 0 bridgehead atoms. The quantitative estimate of drug-likeness (QED) is 0.163. The molecule has 15 nitrogen and oxygen atoms in total. The number of esters is 6. The van der Waals surface area contributed by atoms with Gasteiger partial charge in [0.2, 0.25) is 0 Å². The number of cyclic esters (lactones) is 6. The van der Waals surface area contributed by atoms with Crippen LogP contribution in [0.4, 0.5) is 0 Å². The van der Waals surface area contributed by atoms with Crippen molar-refractivity contribution in [3.63, 3.8) is 0 Å². The molecule has 0 amide bonds. The van der Waals surface area contributed by atoms with Crippen molar-refractivity contribution in [3.05, 3.63) is 36.5 Å². The first-order valence-electron chi connectivity index (χ1n) is 9.13. The summed E-state index contributed by atoms with van der Waals surface area (Å²) in [5, 5.41) is 30.6. The first kappa shape index (κ1) is 24.6. The molecule has 3 atom stereocenters. The zero-order chi connectivity index (χ0) is 25.6. The van der Waals surface area contributed by atoms with Crippen LogP contribution < -0.4 is 0 Å². The third-order valence-corrected chi connectivity index (χ3v) is 4.61. The van der Waals surface area contributed by atoms with Gasteiger partial charge in [0.1, 0.15) is 0 Å². The molecule has 0 aromatic carbocycles. The van der Waals surface area contributed by atoms with Crippen LogP contribution in [-0.2, 0) is 57.2 Å². The van der Waals surface area contributed by atoms with E-state index < -0.39 is 95.6 Å². The van der Waals surface area contributed by atoms with Gasteiger partial charge in [0, 0.05) is 16.7 Å². The fourth-order valence-electron chi connectivity index (χ4n) is 3.01. The van der Waals surface area contributed by atoms with Crippen LogP contribution in [0.15, 0.2) is 36.5 Å². The minimum Gasteiger partial charge on any atom is -0.416 e. The second-order valence-electron chi connectivity index (χ2n) is 7.21. The van der Waals surface area contributed by atoms with E-state index in [1.165, 1.54) is 0 Å². The lowest BCUT2D eigenvalue weighted by molar-refractivity contribution is -0.518. The van der Waals surface area contributed by atoms with Crippen LogP contribution in [0.1, 0.15) is 19.3 Å². The summed E-state index contributed by atoms with van der Waals surface area (Å²) in [5.41, 5.74) is -1.81. The van der Waals surface area contributed by atoms with Gasteiger partial charge in [-0.2, -0.15) is 0 Å². The highest BCUT2D eigenvalue weighted by Crippen LogP contribution is 2.47. The van der Waals surface area contributed by atoms with E-state index in [9.17, 15) is 44.1 Å². The topological polar surface area (TPSA) is 218 Å². The molecule has 3 saturated heterocycles. The summed E-state index contributed by atoms with van der Waals surface area (Å²) < 4.78 is 29.0. The number of ether oxygens (including phenoxy) is 6. The van der Waals surface area contributed by atoms with Crippen molar-refractivity contribution in [1.29, 1.82) is 0 Å². The highest BCUT2D eigenvalue weighted by Gasteiger charge is 2.82. The molecule has 3 heterocycles. The molecule has 34 heavy (non-hydrogen) atoms. The molecule has 3 aliphatic rings. The molecule has 3 unspecified atom stereocenters. The maximum absolute atomic E-state index is 12.6. The Morgan fingerprint density at radius 3 is 1.68 bits per heavy atom. The summed E-state index contributed by atoms with van der Waals surface area (Å²) in [6.45, 7) is 9.72. The molecule has 182 valence electrons.